The highest BCUT2D eigenvalue weighted by Gasteiger charge is 2.13. The monoisotopic (exact) mass is 247 g/mol. The lowest BCUT2D eigenvalue weighted by molar-refractivity contribution is 0.112. The number of benzene rings is 1. The summed E-state index contributed by atoms with van der Waals surface area (Å²) in [5, 5.41) is 0.730. The Labute approximate surface area is 103 Å². The van der Waals surface area contributed by atoms with Gasteiger partial charge in [0.05, 0.1) is 25.3 Å². The first-order chi connectivity index (χ1) is 8.62. The molecule has 18 heavy (non-hydrogen) atoms. The summed E-state index contributed by atoms with van der Waals surface area (Å²) < 4.78 is 10.4. The third-order valence-corrected chi connectivity index (χ3v) is 2.94. The van der Waals surface area contributed by atoms with E-state index in [4.69, 9.17) is 9.47 Å². The molecule has 0 aliphatic rings. The van der Waals surface area contributed by atoms with Gasteiger partial charge in [0, 0.05) is 11.5 Å². The summed E-state index contributed by atoms with van der Waals surface area (Å²) in [6.45, 7) is 1.72. The second kappa shape index (κ2) is 4.52. The molecule has 1 N–H and O–H groups in total. The number of ether oxygens (including phenoxy) is 2. The predicted octanol–water partition coefficient (Wildman–Crippen LogP) is 1.67. The van der Waals surface area contributed by atoms with Crippen LogP contribution in [0, 0.1) is 6.92 Å². The summed E-state index contributed by atoms with van der Waals surface area (Å²) in [6, 6.07) is 3.44. The maximum atomic E-state index is 11.7. The Hall–Kier alpha value is -2.30. The number of aryl methyl sites for hydroxylation is 1. The van der Waals surface area contributed by atoms with Crippen molar-refractivity contribution in [2.24, 2.45) is 0 Å². The van der Waals surface area contributed by atoms with Crippen LogP contribution in [0.2, 0.25) is 0 Å². The molecule has 1 heterocycles. The number of hydrogen-bond acceptors (Lipinski definition) is 4. The van der Waals surface area contributed by atoms with E-state index in [9.17, 15) is 9.59 Å². The standard InChI is InChI=1S/C13H13NO4/c1-7-9-4-8(17-2)5-11(18-3)12(9)14-13(16)10(7)6-15/h4-6H,1-3H3,(H,14,16). The Morgan fingerprint density at radius 2 is 1.94 bits per heavy atom. The van der Waals surface area contributed by atoms with E-state index in [1.165, 1.54) is 7.11 Å². The zero-order chi connectivity index (χ0) is 13.3. The Balaban J connectivity index is 2.96. The van der Waals surface area contributed by atoms with Crippen molar-refractivity contribution in [1.82, 2.24) is 4.98 Å². The van der Waals surface area contributed by atoms with Gasteiger partial charge in [-0.2, -0.15) is 0 Å². The fourth-order valence-electron chi connectivity index (χ4n) is 1.93. The first kappa shape index (κ1) is 12.2. The number of pyridine rings is 1. The Bertz CT molecular complexity index is 673. The fourth-order valence-corrected chi connectivity index (χ4v) is 1.93. The second-order valence-electron chi connectivity index (χ2n) is 3.86. The third-order valence-electron chi connectivity index (χ3n) is 2.94. The molecule has 0 atom stereocenters. The van der Waals surface area contributed by atoms with Crippen LogP contribution in [0.15, 0.2) is 16.9 Å². The van der Waals surface area contributed by atoms with E-state index in [1.54, 1.807) is 26.2 Å². The average molecular weight is 247 g/mol. The van der Waals surface area contributed by atoms with E-state index >= 15 is 0 Å². The van der Waals surface area contributed by atoms with Crippen LogP contribution in [0.25, 0.3) is 10.9 Å². The second-order valence-corrected chi connectivity index (χ2v) is 3.86. The molecule has 0 unspecified atom stereocenters. The molecular formula is C13H13NO4. The molecule has 0 fully saturated rings. The molecule has 0 saturated heterocycles. The van der Waals surface area contributed by atoms with Gasteiger partial charge in [-0.05, 0) is 18.6 Å². The number of methoxy groups -OCH3 is 2. The van der Waals surface area contributed by atoms with Gasteiger partial charge < -0.3 is 14.5 Å². The van der Waals surface area contributed by atoms with Gasteiger partial charge >= 0.3 is 0 Å². The number of hydrogen-bond donors (Lipinski definition) is 1. The molecule has 1 aromatic carbocycles. The topological polar surface area (TPSA) is 68.4 Å². The van der Waals surface area contributed by atoms with Crippen LogP contribution in [-0.4, -0.2) is 25.5 Å². The number of H-pyrrole nitrogens is 1. The zero-order valence-electron chi connectivity index (χ0n) is 10.4. The summed E-state index contributed by atoms with van der Waals surface area (Å²) >= 11 is 0. The van der Waals surface area contributed by atoms with Crippen LogP contribution < -0.4 is 15.0 Å². The minimum absolute atomic E-state index is 0.123. The Morgan fingerprint density at radius 3 is 2.50 bits per heavy atom. The normalized spacial score (nSPS) is 10.4. The Morgan fingerprint density at radius 1 is 1.22 bits per heavy atom. The van der Waals surface area contributed by atoms with E-state index in [0.29, 0.717) is 28.9 Å². The predicted molar refractivity (Wildman–Crippen MR) is 67.8 cm³/mol. The minimum Gasteiger partial charge on any atom is -0.497 e. The molecule has 94 valence electrons. The maximum absolute atomic E-state index is 11.7. The lowest BCUT2D eigenvalue weighted by Crippen LogP contribution is -2.14. The zero-order valence-corrected chi connectivity index (χ0v) is 10.4. The van der Waals surface area contributed by atoms with E-state index in [-0.39, 0.29) is 5.56 Å². The smallest absolute Gasteiger partial charge is 0.259 e. The average Bonchev–Trinajstić information content (AvgIpc) is 2.38. The summed E-state index contributed by atoms with van der Waals surface area (Å²) in [7, 11) is 3.05. The highest BCUT2D eigenvalue weighted by Crippen LogP contribution is 2.31. The van der Waals surface area contributed by atoms with E-state index in [0.717, 1.165) is 5.39 Å². The van der Waals surface area contributed by atoms with Crippen molar-refractivity contribution in [3.05, 3.63) is 33.6 Å². The molecule has 1 aromatic heterocycles. The molecule has 0 radical (unpaired) electrons. The summed E-state index contributed by atoms with van der Waals surface area (Å²) in [5.74, 6) is 1.10. The molecule has 0 amide bonds. The van der Waals surface area contributed by atoms with E-state index in [2.05, 4.69) is 4.98 Å². The number of aromatic nitrogens is 1. The van der Waals surface area contributed by atoms with Gasteiger partial charge in [-0.3, -0.25) is 9.59 Å². The number of aromatic amines is 1. The van der Waals surface area contributed by atoms with Crippen molar-refractivity contribution in [3.8, 4) is 11.5 Å². The van der Waals surface area contributed by atoms with Gasteiger partial charge in [0.1, 0.15) is 11.5 Å². The lowest BCUT2D eigenvalue weighted by atomic mass is 10.0. The van der Waals surface area contributed by atoms with Crippen LogP contribution in [0.4, 0.5) is 0 Å². The minimum atomic E-state index is -0.418. The highest BCUT2D eigenvalue weighted by molar-refractivity contribution is 5.93. The van der Waals surface area contributed by atoms with Crippen molar-refractivity contribution in [1.29, 1.82) is 0 Å². The number of carbonyl (C=O) groups is 1. The molecule has 0 bridgehead atoms. The van der Waals surface area contributed by atoms with Gasteiger partial charge in [0.2, 0.25) is 0 Å². The SMILES string of the molecule is COc1cc(OC)c2[nH]c(=O)c(C=O)c(C)c2c1. The van der Waals surface area contributed by atoms with Gasteiger partial charge in [-0.1, -0.05) is 0 Å². The fraction of sp³-hybridized carbons (Fsp3) is 0.231. The summed E-state index contributed by atoms with van der Waals surface area (Å²) in [5.41, 5.74) is 0.878. The van der Waals surface area contributed by atoms with Crippen molar-refractivity contribution >= 4 is 17.2 Å². The first-order valence-electron chi connectivity index (χ1n) is 5.36. The molecule has 0 aliphatic carbocycles. The van der Waals surface area contributed by atoms with Crippen LogP contribution in [0.1, 0.15) is 15.9 Å². The van der Waals surface area contributed by atoms with Gasteiger partial charge in [-0.15, -0.1) is 0 Å². The lowest BCUT2D eigenvalue weighted by Gasteiger charge is -2.11. The molecule has 5 heteroatoms. The van der Waals surface area contributed by atoms with Crippen LogP contribution in [0.5, 0.6) is 11.5 Å². The van der Waals surface area contributed by atoms with E-state index < -0.39 is 5.56 Å². The molecule has 0 spiro atoms. The van der Waals surface area contributed by atoms with Crippen molar-refractivity contribution in [2.45, 2.75) is 6.92 Å². The molecule has 2 rings (SSSR count). The quantitative estimate of drug-likeness (QED) is 0.837. The number of nitrogens with one attached hydrogen (secondary N) is 1. The molecule has 5 nitrogen and oxygen atoms in total. The Kier molecular flexibility index (Phi) is 3.06. The van der Waals surface area contributed by atoms with Crippen LogP contribution in [0.3, 0.4) is 0 Å². The third kappa shape index (κ3) is 1.73. The maximum Gasteiger partial charge on any atom is 0.259 e. The number of carbonyl (C=O) groups excluding carboxylic acids is 1. The van der Waals surface area contributed by atoms with Crippen LogP contribution in [-0.2, 0) is 0 Å². The summed E-state index contributed by atoms with van der Waals surface area (Å²) in [6.07, 6.45) is 0.555. The van der Waals surface area contributed by atoms with Gasteiger partial charge in [0.25, 0.3) is 5.56 Å². The first-order valence-corrected chi connectivity index (χ1v) is 5.36. The van der Waals surface area contributed by atoms with Gasteiger partial charge in [0.15, 0.2) is 6.29 Å². The number of rotatable bonds is 3. The molecule has 0 saturated carbocycles. The van der Waals surface area contributed by atoms with Gasteiger partial charge in [-0.25, -0.2) is 0 Å². The van der Waals surface area contributed by atoms with Crippen LogP contribution >= 0.6 is 0 Å². The largest absolute Gasteiger partial charge is 0.497 e. The molecule has 0 aliphatic heterocycles. The summed E-state index contributed by atoms with van der Waals surface area (Å²) in [4.78, 5) is 25.3. The number of fused-ring (bicyclic) bond motifs is 1. The van der Waals surface area contributed by atoms with Crippen molar-refractivity contribution in [3.63, 3.8) is 0 Å². The highest BCUT2D eigenvalue weighted by atomic mass is 16.5. The molecule has 2 aromatic rings. The van der Waals surface area contributed by atoms with Crippen molar-refractivity contribution in [2.75, 3.05) is 14.2 Å². The molecular weight excluding hydrogens is 234 g/mol. The number of aldehydes is 1. The van der Waals surface area contributed by atoms with E-state index in [1.807, 2.05) is 0 Å². The van der Waals surface area contributed by atoms with Crippen molar-refractivity contribution < 1.29 is 14.3 Å².